The first kappa shape index (κ1) is 13.2. The fourth-order valence-electron chi connectivity index (χ4n) is 1.81. The van der Waals surface area contributed by atoms with Gasteiger partial charge in [-0.3, -0.25) is 0 Å². The molecule has 0 saturated heterocycles. The lowest BCUT2D eigenvalue weighted by molar-refractivity contribution is 0.336. The van der Waals surface area contributed by atoms with Gasteiger partial charge < -0.3 is 4.57 Å². The van der Waals surface area contributed by atoms with Crippen molar-refractivity contribution in [3.05, 3.63) is 0 Å². The lowest BCUT2D eigenvalue weighted by Crippen LogP contribution is -2.51. The second-order valence-corrected chi connectivity index (χ2v) is 9.30. The molecule has 0 saturated carbocycles. The molecule has 0 aliphatic rings. The van der Waals surface area contributed by atoms with Crippen molar-refractivity contribution in [2.75, 3.05) is 6.54 Å². The van der Waals surface area contributed by atoms with E-state index < -0.39 is 8.24 Å². The topological polar surface area (TPSA) is 27.0 Å². The highest BCUT2D eigenvalue weighted by Gasteiger charge is 2.28. The molecule has 0 aliphatic heterocycles. The van der Waals surface area contributed by atoms with Crippen LogP contribution in [0.3, 0.4) is 0 Å². The Labute approximate surface area is 89.0 Å². The minimum atomic E-state index is -1.34. The van der Waals surface area contributed by atoms with E-state index in [4.69, 9.17) is 11.7 Å². The number of hydrogen-bond donors (Lipinski definition) is 0. The van der Waals surface area contributed by atoms with Crippen molar-refractivity contribution in [3.63, 3.8) is 0 Å². The smallest absolute Gasteiger partial charge is 0.119 e. The second kappa shape index (κ2) is 5.85. The van der Waals surface area contributed by atoms with Gasteiger partial charge in [-0.15, -0.1) is 12.3 Å². The minimum Gasteiger partial charge on any atom is -0.320 e. The Morgan fingerprint density at radius 1 is 1.36 bits per heavy atom. The van der Waals surface area contributed by atoms with Crippen LogP contribution in [-0.2, 0) is 0 Å². The van der Waals surface area contributed by atoms with Crippen LogP contribution in [0.15, 0.2) is 0 Å². The zero-order valence-corrected chi connectivity index (χ0v) is 10.7. The average Bonchev–Trinajstić information content (AvgIpc) is 2.03. The number of terminal acetylenes is 1. The lowest BCUT2D eigenvalue weighted by Gasteiger charge is -2.38. The van der Waals surface area contributed by atoms with E-state index in [9.17, 15) is 0 Å². The maximum atomic E-state index is 8.74. The molecular weight excluding hydrogens is 188 g/mol. The van der Waals surface area contributed by atoms with Gasteiger partial charge in [0, 0.05) is 12.5 Å². The fourth-order valence-corrected chi connectivity index (χ4v) is 4.04. The molecule has 0 aromatic heterocycles. The van der Waals surface area contributed by atoms with Crippen molar-refractivity contribution < 1.29 is 0 Å². The number of nitriles is 1. The van der Waals surface area contributed by atoms with Crippen LogP contribution in [0.5, 0.6) is 0 Å². The molecule has 2 nitrogen and oxygen atoms in total. The molecule has 0 spiro atoms. The second-order valence-electron chi connectivity index (χ2n) is 4.38. The van der Waals surface area contributed by atoms with E-state index in [0.717, 1.165) is 6.54 Å². The van der Waals surface area contributed by atoms with Gasteiger partial charge in [-0.2, -0.15) is 5.26 Å². The summed E-state index contributed by atoms with van der Waals surface area (Å²) in [6.45, 7) is 10.00. The zero-order chi connectivity index (χ0) is 11.2. The third-order valence-corrected chi connectivity index (χ3v) is 4.73. The third-order valence-electron chi connectivity index (χ3n) is 2.32. The molecular formula is C11H20N2Si. The molecule has 1 atom stereocenters. The summed E-state index contributed by atoms with van der Waals surface area (Å²) in [6.07, 6.45) is 6.55. The molecule has 0 aromatic rings. The Morgan fingerprint density at radius 2 is 1.93 bits per heavy atom. The van der Waals surface area contributed by atoms with Crippen LogP contribution >= 0.6 is 0 Å². The quantitative estimate of drug-likeness (QED) is 0.512. The number of hydrogen-bond acceptors (Lipinski definition) is 2. The summed E-state index contributed by atoms with van der Waals surface area (Å²) >= 11 is 0. The van der Waals surface area contributed by atoms with Crippen molar-refractivity contribution in [1.29, 1.82) is 5.26 Å². The third kappa shape index (κ3) is 3.96. The van der Waals surface area contributed by atoms with Gasteiger partial charge in [0.2, 0.25) is 0 Å². The molecule has 3 heteroatoms. The van der Waals surface area contributed by atoms with Gasteiger partial charge in [-0.25, -0.2) is 0 Å². The molecule has 0 radical (unpaired) electrons. The van der Waals surface area contributed by atoms with Crippen molar-refractivity contribution in [2.45, 2.75) is 45.4 Å². The summed E-state index contributed by atoms with van der Waals surface area (Å²) in [6, 6.07) is 2.48. The van der Waals surface area contributed by atoms with E-state index in [2.05, 4.69) is 43.1 Å². The zero-order valence-electron chi connectivity index (χ0n) is 9.67. The molecule has 0 amide bonds. The predicted octanol–water partition coefficient (Wildman–Crippen LogP) is 2.45. The van der Waals surface area contributed by atoms with Crippen LogP contribution in [-0.4, -0.2) is 25.4 Å². The van der Waals surface area contributed by atoms with Gasteiger partial charge in [0.05, 0.1) is 12.5 Å². The van der Waals surface area contributed by atoms with Gasteiger partial charge in [-0.1, -0.05) is 26.6 Å². The van der Waals surface area contributed by atoms with Gasteiger partial charge >= 0.3 is 0 Å². The van der Waals surface area contributed by atoms with Crippen LogP contribution in [0.25, 0.3) is 0 Å². The van der Waals surface area contributed by atoms with Crippen molar-refractivity contribution in [3.8, 4) is 18.4 Å². The van der Waals surface area contributed by atoms with Crippen LogP contribution < -0.4 is 0 Å². The van der Waals surface area contributed by atoms with E-state index in [1.807, 2.05) is 0 Å². The maximum Gasteiger partial charge on any atom is 0.119 e. The molecule has 0 fully saturated rings. The first-order valence-electron chi connectivity index (χ1n) is 5.04. The van der Waals surface area contributed by atoms with E-state index >= 15 is 0 Å². The molecule has 0 aromatic carbocycles. The summed E-state index contributed by atoms with van der Waals surface area (Å²) in [5.74, 6) is 2.67. The summed E-state index contributed by atoms with van der Waals surface area (Å²) in [5, 5.41) is 8.74. The van der Waals surface area contributed by atoms with E-state index in [1.54, 1.807) is 0 Å². The first-order valence-corrected chi connectivity index (χ1v) is 8.49. The summed E-state index contributed by atoms with van der Waals surface area (Å²) in [5.41, 5.74) is 0. The normalized spacial score (nSPS) is 13.4. The molecule has 1 unspecified atom stereocenters. The SMILES string of the molecule is C#CCC(CC#N)N(CC)[Si](C)(C)C. The Morgan fingerprint density at radius 3 is 2.21 bits per heavy atom. The summed E-state index contributed by atoms with van der Waals surface area (Å²) < 4.78 is 2.43. The summed E-state index contributed by atoms with van der Waals surface area (Å²) in [7, 11) is -1.34. The van der Waals surface area contributed by atoms with Gasteiger partial charge in [0.15, 0.2) is 0 Å². The van der Waals surface area contributed by atoms with Crippen LogP contribution in [0.2, 0.25) is 19.6 Å². The first-order chi connectivity index (χ1) is 6.47. The molecule has 0 N–H and O–H groups in total. The van der Waals surface area contributed by atoms with Gasteiger partial charge in [-0.05, 0) is 6.54 Å². The number of nitrogens with zero attached hydrogens (tertiary/aromatic N) is 2. The Hall–Kier alpha value is -0.773. The molecule has 0 heterocycles. The van der Waals surface area contributed by atoms with Crippen LogP contribution in [0.1, 0.15) is 19.8 Å². The lowest BCUT2D eigenvalue weighted by atomic mass is 10.1. The monoisotopic (exact) mass is 208 g/mol. The van der Waals surface area contributed by atoms with E-state index in [0.29, 0.717) is 12.8 Å². The molecule has 0 aliphatic carbocycles. The van der Waals surface area contributed by atoms with E-state index in [-0.39, 0.29) is 6.04 Å². The molecule has 0 bridgehead atoms. The van der Waals surface area contributed by atoms with Crippen LogP contribution in [0.4, 0.5) is 0 Å². The Bertz CT molecular complexity index is 225. The highest BCUT2D eigenvalue weighted by Crippen LogP contribution is 2.17. The predicted molar refractivity (Wildman–Crippen MR) is 63.2 cm³/mol. The fraction of sp³-hybridized carbons (Fsp3) is 0.727. The van der Waals surface area contributed by atoms with Crippen molar-refractivity contribution in [2.24, 2.45) is 0 Å². The van der Waals surface area contributed by atoms with E-state index in [1.165, 1.54) is 0 Å². The van der Waals surface area contributed by atoms with Crippen molar-refractivity contribution in [1.82, 2.24) is 4.57 Å². The molecule has 14 heavy (non-hydrogen) atoms. The highest BCUT2D eigenvalue weighted by molar-refractivity contribution is 6.73. The maximum absolute atomic E-state index is 8.74. The Kier molecular flexibility index (Phi) is 5.53. The molecule has 0 rings (SSSR count). The standard InChI is InChI=1S/C11H20N2Si/c1-6-8-11(9-10-12)13(7-2)14(3,4)5/h1,11H,7-9H2,2-5H3. The van der Waals surface area contributed by atoms with Crippen LogP contribution in [0, 0.1) is 23.7 Å². The van der Waals surface area contributed by atoms with Gasteiger partial charge in [0.25, 0.3) is 0 Å². The number of rotatable bonds is 5. The minimum absolute atomic E-state index is 0.252. The van der Waals surface area contributed by atoms with Crippen molar-refractivity contribution >= 4 is 8.24 Å². The Balaban J connectivity index is 4.61. The molecule has 78 valence electrons. The largest absolute Gasteiger partial charge is 0.320 e. The van der Waals surface area contributed by atoms with Gasteiger partial charge in [0.1, 0.15) is 8.24 Å². The summed E-state index contributed by atoms with van der Waals surface area (Å²) in [4.78, 5) is 0. The average molecular weight is 208 g/mol. The highest BCUT2D eigenvalue weighted by atomic mass is 28.3.